The van der Waals surface area contributed by atoms with Gasteiger partial charge >= 0.3 is 0 Å². The number of nitrogens with zero attached hydrogens (tertiary/aromatic N) is 1. The molecule has 0 bridgehead atoms. The first kappa shape index (κ1) is 17.7. The van der Waals surface area contributed by atoms with E-state index in [-0.39, 0.29) is 5.76 Å². The number of thiocarbonyl (C=S) groups is 1. The summed E-state index contributed by atoms with van der Waals surface area (Å²) >= 11 is 12.8. The van der Waals surface area contributed by atoms with Crippen molar-refractivity contribution in [3.63, 3.8) is 0 Å². The van der Waals surface area contributed by atoms with Crippen LogP contribution in [0.4, 0.5) is 0 Å². The van der Waals surface area contributed by atoms with Gasteiger partial charge in [0, 0.05) is 11.6 Å². The molecule has 3 rings (SSSR count). The molecule has 0 radical (unpaired) electrons. The van der Waals surface area contributed by atoms with Crippen molar-refractivity contribution < 1.29 is 14.1 Å². The molecule has 4 nitrogen and oxygen atoms in total. The van der Waals surface area contributed by atoms with Crippen LogP contribution in [-0.4, -0.2) is 10.1 Å². The fourth-order valence-electron chi connectivity index (χ4n) is 2.30. The third-order valence-corrected chi connectivity index (χ3v) is 5.03. The normalized spacial score (nSPS) is 11.9. The number of aryl methyl sites for hydroxylation is 1. The fourth-order valence-corrected chi connectivity index (χ4v) is 3.56. The summed E-state index contributed by atoms with van der Waals surface area (Å²) in [5, 5.41) is 14.0. The Balaban J connectivity index is 1.98. The molecule has 0 fully saturated rings. The molecule has 3 aromatic rings. The fraction of sp³-hybridized carbons (Fsp3) is 0.111. The van der Waals surface area contributed by atoms with Crippen LogP contribution in [0.2, 0.25) is 4.34 Å². The molecule has 2 N–H and O–H groups in total. The Hall–Kier alpha value is -2.15. The van der Waals surface area contributed by atoms with E-state index in [0.29, 0.717) is 26.4 Å². The standard InChI is InChI=1S/C18H15ClN2O2S2/c1-12-4-2-8-21(11-12)16(17(22)14-6-7-15(19)25-14)18(24)20-10-13-5-3-9-23-13/h2-9,11H,10H2,1H3,(H-,20,22,24)/p+1. The maximum absolute atomic E-state index is 10.8. The van der Waals surface area contributed by atoms with Crippen molar-refractivity contribution in [1.82, 2.24) is 5.32 Å². The van der Waals surface area contributed by atoms with E-state index < -0.39 is 0 Å². The Morgan fingerprint density at radius 2 is 2.16 bits per heavy atom. The van der Waals surface area contributed by atoms with Crippen molar-refractivity contribution in [2.45, 2.75) is 13.5 Å². The Bertz CT molecular complexity index is 917. The number of aliphatic hydroxyl groups is 1. The van der Waals surface area contributed by atoms with Gasteiger partial charge in [-0.3, -0.25) is 0 Å². The highest BCUT2D eigenvalue weighted by atomic mass is 35.5. The van der Waals surface area contributed by atoms with Gasteiger partial charge in [-0.2, -0.15) is 4.57 Å². The predicted octanol–water partition coefficient (Wildman–Crippen LogP) is 4.59. The summed E-state index contributed by atoms with van der Waals surface area (Å²) < 4.78 is 7.72. The van der Waals surface area contributed by atoms with Crippen molar-refractivity contribution in [3.05, 3.63) is 75.6 Å². The van der Waals surface area contributed by atoms with Crippen LogP contribution in [0.15, 0.2) is 59.5 Å². The van der Waals surface area contributed by atoms with Crippen LogP contribution in [0.3, 0.4) is 0 Å². The Kier molecular flexibility index (Phi) is 5.53. The van der Waals surface area contributed by atoms with Gasteiger partial charge in [-0.05, 0) is 37.3 Å². The van der Waals surface area contributed by atoms with Crippen LogP contribution in [-0.2, 0) is 6.54 Å². The number of hydrogen-bond acceptors (Lipinski definition) is 4. The minimum Gasteiger partial charge on any atom is -0.501 e. The lowest BCUT2D eigenvalue weighted by atomic mass is 10.2. The van der Waals surface area contributed by atoms with E-state index in [1.54, 1.807) is 23.0 Å². The molecule has 3 aromatic heterocycles. The molecule has 0 atom stereocenters. The second-order valence-corrected chi connectivity index (χ2v) is 7.47. The van der Waals surface area contributed by atoms with Crippen molar-refractivity contribution in [3.8, 4) is 0 Å². The number of hydrogen-bond donors (Lipinski definition) is 2. The largest absolute Gasteiger partial charge is 0.501 e. The zero-order valence-electron chi connectivity index (χ0n) is 13.4. The lowest BCUT2D eigenvalue weighted by molar-refractivity contribution is -0.576. The molecule has 25 heavy (non-hydrogen) atoms. The van der Waals surface area contributed by atoms with Gasteiger partial charge in [-0.15, -0.1) is 11.3 Å². The quantitative estimate of drug-likeness (QED) is 0.289. The highest BCUT2D eigenvalue weighted by molar-refractivity contribution is 7.81. The van der Waals surface area contributed by atoms with Gasteiger partial charge in [0.05, 0.1) is 22.0 Å². The monoisotopic (exact) mass is 391 g/mol. The molecule has 0 aliphatic carbocycles. The molecule has 0 aliphatic heterocycles. The molecule has 0 amide bonds. The number of halogens is 1. The molecule has 7 heteroatoms. The Labute approximate surface area is 160 Å². The Morgan fingerprint density at radius 3 is 2.80 bits per heavy atom. The van der Waals surface area contributed by atoms with E-state index in [1.165, 1.54) is 11.3 Å². The summed E-state index contributed by atoms with van der Waals surface area (Å²) in [4.78, 5) is 1.06. The minimum absolute atomic E-state index is 0.0736. The van der Waals surface area contributed by atoms with E-state index in [1.807, 2.05) is 43.6 Å². The van der Waals surface area contributed by atoms with Crippen molar-refractivity contribution in [2.75, 3.05) is 0 Å². The molecule has 0 saturated heterocycles. The first-order valence-electron chi connectivity index (χ1n) is 7.52. The Morgan fingerprint density at radius 1 is 1.32 bits per heavy atom. The van der Waals surface area contributed by atoms with Crippen LogP contribution in [0.25, 0.3) is 11.5 Å². The van der Waals surface area contributed by atoms with Crippen LogP contribution in [0.1, 0.15) is 16.2 Å². The first-order chi connectivity index (χ1) is 12.0. The highest BCUT2D eigenvalue weighted by Crippen LogP contribution is 2.28. The van der Waals surface area contributed by atoms with Gasteiger partial charge in [-0.1, -0.05) is 23.8 Å². The zero-order valence-corrected chi connectivity index (χ0v) is 15.8. The number of aliphatic hydroxyl groups excluding tert-OH is 1. The van der Waals surface area contributed by atoms with Crippen LogP contribution in [0, 0.1) is 6.92 Å². The number of rotatable bonds is 5. The topological polar surface area (TPSA) is 49.3 Å². The van der Waals surface area contributed by atoms with E-state index in [2.05, 4.69) is 5.32 Å². The lowest BCUT2D eigenvalue weighted by Crippen LogP contribution is -2.41. The van der Waals surface area contributed by atoms with E-state index in [0.717, 1.165) is 11.3 Å². The van der Waals surface area contributed by atoms with Crippen molar-refractivity contribution >= 4 is 51.6 Å². The van der Waals surface area contributed by atoms with Gasteiger partial charge in [-0.25, -0.2) is 0 Å². The maximum Gasteiger partial charge on any atom is 0.288 e. The van der Waals surface area contributed by atoms with Crippen molar-refractivity contribution in [2.24, 2.45) is 0 Å². The molecule has 0 spiro atoms. The highest BCUT2D eigenvalue weighted by Gasteiger charge is 2.24. The summed E-state index contributed by atoms with van der Waals surface area (Å²) in [6.45, 7) is 2.41. The number of nitrogens with one attached hydrogen (secondary N) is 1. The van der Waals surface area contributed by atoms with E-state index in [4.69, 9.17) is 28.2 Å². The van der Waals surface area contributed by atoms with Gasteiger partial charge in [0.15, 0.2) is 17.4 Å². The summed E-state index contributed by atoms with van der Waals surface area (Å²) in [5.41, 5.74) is 1.54. The zero-order chi connectivity index (χ0) is 17.8. The summed E-state index contributed by atoms with van der Waals surface area (Å²) in [7, 11) is 0. The van der Waals surface area contributed by atoms with Gasteiger partial charge in [0.2, 0.25) is 5.76 Å². The maximum atomic E-state index is 10.8. The van der Waals surface area contributed by atoms with Gasteiger partial charge < -0.3 is 14.8 Å². The minimum atomic E-state index is 0.0736. The lowest BCUT2D eigenvalue weighted by Gasteiger charge is -2.08. The molecule has 128 valence electrons. The molecule has 0 saturated carbocycles. The number of thiophene rings is 1. The predicted molar refractivity (Wildman–Crippen MR) is 105 cm³/mol. The number of pyridine rings is 1. The summed E-state index contributed by atoms with van der Waals surface area (Å²) in [5.74, 6) is 0.832. The second-order valence-electron chi connectivity index (χ2n) is 5.35. The molecule has 3 heterocycles. The van der Waals surface area contributed by atoms with Crippen LogP contribution >= 0.6 is 35.2 Å². The van der Waals surface area contributed by atoms with E-state index >= 15 is 0 Å². The smallest absolute Gasteiger partial charge is 0.288 e. The SMILES string of the molecule is Cc1ccc[n+](/C(C(=S)NCc2ccco2)=C(/O)c2ccc(Cl)s2)c1. The average Bonchev–Trinajstić information content (AvgIpc) is 3.24. The third kappa shape index (κ3) is 4.28. The van der Waals surface area contributed by atoms with Crippen LogP contribution < -0.4 is 9.88 Å². The van der Waals surface area contributed by atoms with Gasteiger partial charge in [0.1, 0.15) is 5.76 Å². The first-order valence-corrected chi connectivity index (χ1v) is 9.12. The van der Waals surface area contributed by atoms with Crippen LogP contribution in [0.5, 0.6) is 0 Å². The molecule has 0 unspecified atom stereocenters. The average molecular weight is 392 g/mol. The van der Waals surface area contributed by atoms with E-state index in [9.17, 15) is 5.11 Å². The van der Waals surface area contributed by atoms with Gasteiger partial charge in [0.25, 0.3) is 5.70 Å². The third-order valence-electron chi connectivity index (χ3n) is 3.46. The molecule has 0 aliphatic rings. The number of furan rings is 1. The number of aromatic nitrogens is 1. The molecular formula is C18H16ClN2O2S2+. The second kappa shape index (κ2) is 7.82. The molecular weight excluding hydrogens is 376 g/mol. The molecule has 0 aromatic carbocycles. The van der Waals surface area contributed by atoms with Crippen molar-refractivity contribution in [1.29, 1.82) is 0 Å². The summed E-state index contributed by atoms with van der Waals surface area (Å²) in [6.07, 6.45) is 5.35. The summed E-state index contributed by atoms with van der Waals surface area (Å²) in [6, 6.07) is 11.1.